The van der Waals surface area contributed by atoms with Crippen molar-refractivity contribution in [3.05, 3.63) is 29.8 Å². The molecule has 1 rings (SSSR count). The fraction of sp³-hybridized carbons (Fsp3) is 0.500. The number of nitrogens with one attached hydrogen (secondary N) is 1. The van der Waals surface area contributed by atoms with Crippen molar-refractivity contribution in [2.75, 3.05) is 19.4 Å². The van der Waals surface area contributed by atoms with Crippen LogP contribution in [0.15, 0.2) is 24.3 Å². The molecule has 6 heteroatoms. The Morgan fingerprint density at radius 2 is 2.06 bits per heavy atom. The first-order chi connectivity index (χ1) is 8.44. The van der Waals surface area contributed by atoms with Crippen molar-refractivity contribution in [2.24, 2.45) is 5.14 Å². The van der Waals surface area contributed by atoms with E-state index in [1.54, 1.807) is 7.11 Å². The fourth-order valence-electron chi connectivity index (χ4n) is 1.73. The number of ether oxygens (including phenoxy) is 1. The van der Waals surface area contributed by atoms with Crippen LogP contribution < -0.4 is 15.2 Å². The third-order valence-corrected chi connectivity index (χ3v) is 3.52. The van der Waals surface area contributed by atoms with Crippen LogP contribution in [0.1, 0.15) is 24.9 Å². The van der Waals surface area contributed by atoms with E-state index in [2.05, 4.69) is 5.32 Å². The molecule has 0 saturated carbocycles. The predicted molar refractivity (Wildman–Crippen MR) is 72.0 cm³/mol. The number of methoxy groups -OCH3 is 1. The van der Waals surface area contributed by atoms with Crippen LogP contribution in [0.5, 0.6) is 5.75 Å². The lowest BCUT2D eigenvalue weighted by atomic mass is 10.1. The van der Waals surface area contributed by atoms with Crippen molar-refractivity contribution in [2.45, 2.75) is 19.4 Å². The highest BCUT2D eigenvalue weighted by molar-refractivity contribution is 7.89. The van der Waals surface area contributed by atoms with Gasteiger partial charge in [0.25, 0.3) is 0 Å². The van der Waals surface area contributed by atoms with Gasteiger partial charge in [0.05, 0.1) is 12.9 Å². The van der Waals surface area contributed by atoms with Gasteiger partial charge < -0.3 is 10.1 Å². The van der Waals surface area contributed by atoms with Gasteiger partial charge in [-0.1, -0.05) is 18.2 Å². The number of nitrogens with two attached hydrogens (primary N) is 1. The van der Waals surface area contributed by atoms with Gasteiger partial charge >= 0.3 is 0 Å². The third-order valence-electron chi connectivity index (χ3n) is 2.66. The van der Waals surface area contributed by atoms with E-state index in [-0.39, 0.29) is 11.8 Å². The molecular weight excluding hydrogens is 252 g/mol. The molecule has 1 aromatic carbocycles. The van der Waals surface area contributed by atoms with Gasteiger partial charge in [-0.3, -0.25) is 0 Å². The third kappa shape index (κ3) is 5.03. The van der Waals surface area contributed by atoms with Gasteiger partial charge in [0, 0.05) is 11.6 Å². The molecule has 0 fully saturated rings. The maximum absolute atomic E-state index is 10.8. The second-order valence-corrected chi connectivity index (χ2v) is 5.87. The topological polar surface area (TPSA) is 81.4 Å². The summed E-state index contributed by atoms with van der Waals surface area (Å²) in [5.74, 6) is 0.822. The molecule has 0 saturated heterocycles. The monoisotopic (exact) mass is 272 g/mol. The molecular formula is C12H20N2O3S. The van der Waals surface area contributed by atoms with E-state index in [1.165, 1.54) is 0 Å². The Morgan fingerprint density at radius 3 is 2.67 bits per heavy atom. The van der Waals surface area contributed by atoms with Gasteiger partial charge in [-0.05, 0) is 26.0 Å². The highest BCUT2D eigenvalue weighted by Gasteiger charge is 2.10. The van der Waals surface area contributed by atoms with Gasteiger partial charge in [0.2, 0.25) is 10.0 Å². The highest BCUT2D eigenvalue weighted by atomic mass is 32.2. The minimum Gasteiger partial charge on any atom is -0.496 e. The zero-order valence-corrected chi connectivity index (χ0v) is 11.5. The lowest BCUT2D eigenvalue weighted by Crippen LogP contribution is -2.24. The highest BCUT2D eigenvalue weighted by Crippen LogP contribution is 2.23. The Balaban J connectivity index is 2.48. The molecule has 3 N–H and O–H groups in total. The van der Waals surface area contributed by atoms with Crippen molar-refractivity contribution < 1.29 is 13.2 Å². The Bertz CT molecular complexity index is 474. The quantitative estimate of drug-likeness (QED) is 0.726. The van der Waals surface area contributed by atoms with Crippen LogP contribution in [0.2, 0.25) is 0 Å². The van der Waals surface area contributed by atoms with E-state index in [0.29, 0.717) is 13.0 Å². The van der Waals surface area contributed by atoms with Crippen LogP contribution in [-0.4, -0.2) is 27.8 Å². The largest absolute Gasteiger partial charge is 0.496 e. The van der Waals surface area contributed by atoms with E-state index in [4.69, 9.17) is 9.88 Å². The standard InChI is InChI=1S/C12H20N2O3S/c1-10(14-8-5-9-18(13,15)16)11-6-3-4-7-12(11)17-2/h3-4,6-7,10,14H,5,8-9H2,1-2H3,(H2,13,15,16). The smallest absolute Gasteiger partial charge is 0.209 e. The summed E-state index contributed by atoms with van der Waals surface area (Å²) in [4.78, 5) is 0. The van der Waals surface area contributed by atoms with Crippen LogP contribution in [0.4, 0.5) is 0 Å². The molecule has 0 spiro atoms. The zero-order valence-electron chi connectivity index (χ0n) is 10.7. The number of sulfonamides is 1. The average molecular weight is 272 g/mol. The molecule has 1 unspecified atom stereocenters. The number of benzene rings is 1. The van der Waals surface area contributed by atoms with E-state index in [0.717, 1.165) is 11.3 Å². The summed E-state index contributed by atoms with van der Waals surface area (Å²) in [5.41, 5.74) is 1.05. The predicted octanol–water partition coefficient (Wildman–Crippen LogP) is 1.02. The first-order valence-corrected chi connectivity index (χ1v) is 7.52. The molecule has 0 bridgehead atoms. The maximum Gasteiger partial charge on any atom is 0.209 e. The van der Waals surface area contributed by atoms with Crippen molar-refractivity contribution in [3.63, 3.8) is 0 Å². The molecule has 0 aliphatic rings. The fourth-order valence-corrected chi connectivity index (χ4v) is 2.27. The lowest BCUT2D eigenvalue weighted by molar-refractivity contribution is 0.401. The summed E-state index contributed by atoms with van der Waals surface area (Å²) >= 11 is 0. The van der Waals surface area contributed by atoms with Gasteiger partial charge in [0.1, 0.15) is 5.75 Å². The molecule has 0 aliphatic carbocycles. The van der Waals surface area contributed by atoms with Crippen LogP contribution in [-0.2, 0) is 10.0 Å². The molecule has 0 aromatic heterocycles. The molecule has 1 aromatic rings. The number of rotatable bonds is 7. The number of hydrogen-bond acceptors (Lipinski definition) is 4. The number of primary sulfonamides is 1. The molecule has 1 atom stereocenters. The molecule has 18 heavy (non-hydrogen) atoms. The zero-order chi connectivity index (χ0) is 13.6. The van der Waals surface area contributed by atoms with Crippen molar-refractivity contribution in [1.29, 1.82) is 0 Å². The van der Waals surface area contributed by atoms with Gasteiger partial charge in [-0.2, -0.15) is 0 Å². The minimum atomic E-state index is -3.36. The first-order valence-electron chi connectivity index (χ1n) is 5.81. The second kappa shape index (κ2) is 6.72. The van der Waals surface area contributed by atoms with Crippen LogP contribution in [0.25, 0.3) is 0 Å². The van der Waals surface area contributed by atoms with E-state index < -0.39 is 10.0 Å². The second-order valence-electron chi connectivity index (χ2n) is 4.14. The summed E-state index contributed by atoms with van der Waals surface area (Å²) in [7, 11) is -1.73. The van der Waals surface area contributed by atoms with Crippen molar-refractivity contribution in [3.8, 4) is 5.75 Å². The maximum atomic E-state index is 10.8. The van der Waals surface area contributed by atoms with Crippen LogP contribution >= 0.6 is 0 Å². The summed E-state index contributed by atoms with van der Waals surface area (Å²) in [5, 5.41) is 8.18. The summed E-state index contributed by atoms with van der Waals surface area (Å²) < 4.78 is 26.8. The van der Waals surface area contributed by atoms with Crippen molar-refractivity contribution >= 4 is 10.0 Å². The van der Waals surface area contributed by atoms with Gasteiger partial charge in [-0.15, -0.1) is 0 Å². The summed E-state index contributed by atoms with van der Waals surface area (Å²) in [6.07, 6.45) is 0.498. The Hall–Kier alpha value is -1.11. The Morgan fingerprint density at radius 1 is 1.39 bits per heavy atom. The molecule has 0 aliphatic heterocycles. The normalized spacial score (nSPS) is 13.3. The molecule has 0 radical (unpaired) electrons. The Kier molecular flexibility index (Phi) is 5.58. The summed E-state index contributed by atoms with van der Waals surface area (Å²) in [6.45, 7) is 2.60. The van der Waals surface area contributed by atoms with Crippen LogP contribution in [0, 0.1) is 0 Å². The first kappa shape index (κ1) is 14.9. The van der Waals surface area contributed by atoms with Crippen LogP contribution in [0.3, 0.4) is 0 Å². The minimum absolute atomic E-state index is 0.00134. The van der Waals surface area contributed by atoms with E-state index in [9.17, 15) is 8.42 Å². The summed E-state index contributed by atoms with van der Waals surface area (Å²) in [6, 6.07) is 7.84. The molecule has 0 heterocycles. The SMILES string of the molecule is COc1ccccc1C(C)NCCCS(N)(=O)=O. The Labute approximate surface area is 108 Å². The average Bonchev–Trinajstić information content (AvgIpc) is 2.33. The molecule has 5 nitrogen and oxygen atoms in total. The molecule has 0 amide bonds. The molecule has 102 valence electrons. The lowest BCUT2D eigenvalue weighted by Gasteiger charge is -2.17. The number of para-hydroxylation sites is 1. The van der Waals surface area contributed by atoms with E-state index >= 15 is 0 Å². The van der Waals surface area contributed by atoms with Gasteiger partial charge in [-0.25, -0.2) is 13.6 Å². The van der Waals surface area contributed by atoms with Crippen molar-refractivity contribution in [1.82, 2.24) is 5.32 Å². The number of hydrogen-bond donors (Lipinski definition) is 2. The van der Waals surface area contributed by atoms with Gasteiger partial charge in [0.15, 0.2) is 0 Å². The van der Waals surface area contributed by atoms with E-state index in [1.807, 2.05) is 31.2 Å².